The molecule has 0 aliphatic rings. The van der Waals surface area contributed by atoms with Crippen LogP contribution in [-0.2, 0) is 28.6 Å². The Bertz CT molecular complexity index is 1290. The van der Waals surface area contributed by atoms with E-state index in [0.29, 0.717) is 19.3 Å². The largest absolute Gasteiger partial charge is 0.462 e. The Morgan fingerprint density at radius 1 is 0.273 bits per heavy atom. The molecule has 6 nitrogen and oxygen atoms in total. The molecule has 0 rings (SSSR count). The van der Waals surface area contributed by atoms with E-state index in [-0.39, 0.29) is 31.1 Å². The molecule has 0 aliphatic carbocycles. The molecule has 0 saturated carbocycles. The lowest BCUT2D eigenvalue weighted by molar-refractivity contribution is -0.167. The number of hydrogen-bond acceptors (Lipinski definition) is 6. The third kappa shape index (κ3) is 64.3. The number of ether oxygens (including phenoxy) is 3. The molecule has 6 heteroatoms. The van der Waals surface area contributed by atoms with Crippen LogP contribution in [0.15, 0.2) is 36.5 Å². The summed E-state index contributed by atoms with van der Waals surface area (Å²) in [6.07, 6.45) is 81.9. The van der Waals surface area contributed by atoms with Crippen LogP contribution in [0, 0.1) is 0 Å². The van der Waals surface area contributed by atoms with E-state index in [1.807, 2.05) is 0 Å². The molecule has 452 valence electrons. The zero-order valence-electron chi connectivity index (χ0n) is 52.0. The molecular weight excluding hydrogens is 949 g/mol. The summed E-state index contributed by atoms with van der Waals surface area (Å²) in [5.41, 5.74) is 0. The fourth-order valence-electron chi connectivity index (χ4n) is 10.5. The van der Waals surface area contributed by atoms with Gasteiger partial charge in [-0.2, -0.15) is 0 Å². The molecule has 0 saturated heterocycles. The first-order valence-electron chi connectivity index (χ1n) is 34.5. The first-order valence-corrected chi connectivity index (χ1v) is 34.5. The van der Waals surface area contributed by atoms with Crippen molar-refractivity contribution in [1.82, 2.24) is 0 Å². The van der Waals surface area contributed by atoms with Crippen molar-refractivity contribution in [3.05, 3.63) is 36.5 Å². The zero-order valence-corrected chi connectivity index (χ0v) is 52.0. The minimum Gasteiger partial charge on any atom is -0.462 e. The van der Waals surface area contributed by atoms with Crippen molar-refractivity contribution in [1.29, 1.82) is 0 Å². The van der Waals surface area contributed by atoms with E-state index < -0.39 is 6.10 Å². The first kappa shape index (κ1) is 74.6. The molecule has 0 aromatic heterocycles. The monoisotopic (exact) mass is 1080 g/mol. The van der Waals surface area contributed by atoms with Crippen LogP contribution in [0.5, 0.6) is 0 Å². The zero-order chi connectivity index (χ0) is 55.7. The predicted molar refractivity (Wildman–Crippen MR) is 335 cm³/mol. The molecule has 0 aliphatic heterocycles. The summed E-state index contributed by atoms with van der Waals surface area (Å²) >= 11 is 0. The molecule has 0 amide bonds. The number of carbonyl (C=O) groups excluding carboxylic acids is 3. The van der Waals surface area contributed by atoms with E-state index in [0.717, 1.165) is 96.3 Å². The van der Waals surface area contributed by atoms with Gasteiger partial charge in [0.15, 0.2) is 6.10 Å². The predicted octanol–water partition coefficient (Wildman–Crippen LogP) is 23.6. The van der Waals surface area contributed by atoms with Gasteiger partial charge in [0.2, 0.25) is 0 Å². The van der Waals surface area contributed by atoms with E-state index >= 15 is 0 Å². The van der Waals surface area contributed by atoms with Crippen LogP contribution in [0.1, 0.15) is 380 Å². The van der Waals surface area contributed by atoms with Gasteiger partial charge < -0.3 is 14.2 Å². The van der Waals surface area contributed by atoms with Gasteiger partial charge in [-0.25, -0.2) is 0 Å². The summed E-state index contributed by atoms with van der Waals surface area (Å²) in [7, 11) is 0. The average Bonchev–Trinajstić information content (AvgIpc) is 3.43. The molecule has 0 bridgehead atoms. The van der Waals surface area contributed by atoms with E-state index in [9.17, 15) is 14.4 Å². The minimum absolute atomic E-state index is 0.0740. The lowest BCUT2D eigenvalue weighted by Gasteiger charge is -2.18. The second kappa shape index (κ2) is 66.1. The number of rotatable bonds is 64. The third-order valence-corrected chi connectivity index (χ3v) is 15.7. The Morgan fingerprint density at radius 3 is 0.792 bits per heavy atom. The van der Waals surface area contributed by atoms with Crippen LogP contribution in [0.2, 0.25) is 0 Å². The van der Waals surface area contributed by atoms with Gasteiger partial charge in [0.05, 0.1) is 0 Å². The van der Waals surface area contributed by atoms with Crippen LogP contribution in [-0.4, -0.2) is 37.2 Å². The number of hydrogen-bond donors (Lipinski definition) is 0. The molecule has 0 heterocycles. The van der Waals surface area contributed by atoms with Crippen molar-refractivity contribution < 1.29 is 28.6 Å². The molecule has 0 radical (unpaired) electrons. The minimum atomic E-state index is -0.778. The highest BCUT2D eigenvalue weighted by atomic mass is 16.6. The smallest absolute Gasteiger partial charge is 0.306 e. The van der Waals surface area contributed by atoms with Gasteiger partial charge in [0, 0.05) is 19.3 Å². The van der Waals surface area contributed by atoms with Crippen LogP contribution in [0.4, 0.5) is 0 Å². The van der Waals surface area contributed by atoms with Gasteiger partial charge in [0.1, 0.15) is 13.2 Å². The second-order valence-corrected chi connectivity index (χ2v) is 23.4. The maximum absolute atomic E-state index is 12.9. The molecule has 0 aromatic rings. The van der Waals surface area contributed by atoms with Crippen molar-refractivity contribution in [2.24, 2.45) is 0 Å². The lowest BCUT2D eigenvalue weighted by Crippen LogP contribution is -2.30. The van der Waals surface area contributed by atoms with E-state index in [2.05, 4.69) is 57.2 Å². The van der Waals surface area contributed by atoms with Gasteiger partial charge in [-0.05, 0) is 51.4 Å². The summed E-state index contributed by atoms with van der Waals surface area (Å²) in [5, 5.41) is 0. The molecule has 1 unspecified atom stereocenters. The highest BCUT2D eigenvalue weighted by Crippen LogP contribution is 2.19. The maximum atomic E-state index is 12.9. The highest BCUT2D eigenvalue weighted by Gasteiger charge is 2.19. The summed E-state index contributed by atoms with van der Waals surface area (Å²) in [6.45, 7) is 6.58. The van der Waals surface area contributed by atoms with Crippen LogP contribution in [0.25, 0.3) is 0 Å². The molecule has 77 heavy (non-hydrogen) atoms. The fraction of sp³-hybridized carbons (Fsp3) is 0.873. The topological polar surface area (TPSA) is 78.9 Å². The van der Waals surface area contributed by atoms with Gasteiger partial charge in [-0.15, -0.1) is 0 Å². The highest BCUT2D eigenvalue weighted by molar-refractivity contribution is 5.71. The first-order chi connectivity index (χ1) is 38.0. The molecule has 0 fully saturated rings. The average molecular weight is 1080 g/mol. The molecule has 0 aromatic carbocycles. The van der Waals surface area contributed by atoms with Crippen LogP contribution >= 0.6 is 0 Å². The van der Waals surface area contributed by atoms with Gasteiger partial charge in [0.25, 0.3) is 0 Å². The Morgan fingerprint density at radius 2 is 0.506 bits per heavy atom. The number of esters is 3. The Kier molecular flexibility index (Phi) is 64.1. The quantitative estimate of drug-likeness (QED) is 0.0261. The Balaban J connectivity index is 4.10. The van der Waals surface area contributed by atoms with Crippen molar-refractivity contribution in [2.45, 2.75) is 386 Å². The molecule has 0 N–H and O–H groups in total. The van der Waals surface area contributed by atoms with Crippen LogP contribution < -0.4 is 0 Å². The van der Waals surface area contributed by atoms with Crippen molar-refractivity contribution in [3.63, 3.8) is 0 Å². The van der Waals surface area contributed by atoms with Crippen molar-refractivity contribution in [2.75, 3.05) is 13.2 Å². The number of allylic oxidation sites excluding steroid dienone is 6. The van der Waals surface area contributed by atoms with Crippen molar-refractivity contribution >= 4 is 17.9 Å². The molecule has 0 spiro atoms. The maximum Gasteiger partial charge on any atom is 0.306 e. The summed E-state index contributed by atoms with van der Waals surface area (Å²) in [4.78, 5) is 38.3. The van der Waals surface area contributed by atoms with E-state index in [1.165, 1.54) is 244 Å². The summed E-state index contributed by atoms with van der Waals surface area (Å²) in [6, 6.07) is 0. The van der Waals surface area contributed by atoms with Gasteiger partial charge >= 0.3 is 17.9 Å². The second-order valence-electron chi connectivity index (χ2n) is 23.4. The third-order valence-electron chi connectivity index (χ3n) is 15.7. The van der Waals surface area contributed by atoms with Crippen LogP contribution in [0.3, 0.4) is 0 Å². The Labute approximate surface area is 480 Å². The lowest BCUT2D eigenvalue weighted by atomic mass is 10.0. The SMILES string of the molecule is CC/C=C\C/C=C\C/C=C\CCCCCCCC(=O)OC(COC(=O)CCCCCCCCCCCCCCC)COC(=O)CCCCCCCCCCCCCCCCCCCCCCCCCCCCCCCCC. The summed E-state index contributed by atoms with van der Waals surface area (Å²) < 4.78 is 16.9. The van der Waals surface area contributed by atoms with Gasteiger partial charge in [-0.1, -0.05) is 346 Å². The van der Waals surface area contributed by atoms with E-state index in [4.69, 9.17) is 14.2 Å². The standard InChI is InChI=1S/C71H132O6/c1-4-7-10-13-16-19-22-25-27-28-29-30-31-32-33-34-35-36-37-38-39-40-41-42-44-46-49-52-55-58-61-64-70(73)76-67-68(66-75-69(72)63-60-57-54-51-48-45-24-21-18-15-12-9-6-3)77-71(74)65-62-59-56-53-50-47-43-26-23-20-17-14-11-8-5-2/h8,11,17,20,26,43,68H,4-7,9-10,12-16,18-19,21-25,27-42,44-67H2,1-3H3/b11-8-,20-17-,43-26-. The number of carbonyl (C=O) groups is 3. The summed E-state index contributed by atoms with van der Waals surface area (Å²) in [5.74, 6) is -0.866. The fourth-order valence-corrected chi connectivity index (χ4v) is 10.5. The van der Waals surface area contributed by atoms with Crippen molar-refractivity contribution in [3.8, 4) is 0 Å². The number of unbranched alkanes of at least 4 members (excludes halogenated alkanes) is 47. The Hall–Kier alpha value is -2.37. The normalized spacial score (nSPS) is 12.2. The molecule has 1 atom stereocenters. The molecular formula is C71H132O6. The van der Waals surface area contributed by atoms with Gasteiger partial charge in [-0.3, -0.25) is 14.4 Å². The van der Waals surface area contributed by atoms with E-state index in [1.54, 1.807) is 0 Å².